The van der Waals surface area contributed by atoms with Crippen LogP contribution < -0.4 is 10.6 Å². The normalized spacial score (nSPS) is 20.3. The van der Waals surface area contributed by atoms with Gasteiger partial charge in [0.15, 0.2) is 0 Å². The average Bonchev–Trinajstić information content (AvgIpc) is 2.41. The first-order chi connectivity index (χ1) is 10.5. The first-order valence-corrected chi connectivity index (χ1v) is 7.33. The number of hydrogen-bond acceptors (Lipinski definition) is 5. The summed E-state index contributed by atoms with van der Waals surface area (Å²) in [5.41, 5.74) is -0.950. The molecule has 0 aromatic heterocycles. The SMILES string of the molecule is CC1(C)C(C#N)=C(SCC(=O)NCC(F)(F)F)NC(=O)[C@H]1C#N. The van der Waals surface area contributed by atoms with Crippen LogP contribution in [0, 0.1) is 34.0 Å². The van der Waals surface area contributed by atoms with Crippen LogP contribution in [0.15, 0.2) is 10.6 Å². The van der Waals surface area contributed by atoms with Crippen molar-refractivity contribution < 1.29 is 22.8 Å². The molecule has 2 amide bonds. The number of nitrogens with one attached hydrogen (secondary N) is 2. The van der Waals surface area contributed by atoms with Crippen LogP contribution in [0.2, 0.25) is 0 Å². The van der Waals surface area contributed by atoms with Crippen molar-refractivity contribution in [3.05, 3.63) is 10.6 Å². The molecule has 1 heterocycles. The number of nitriles is 2. The average molecular weight is 346 g/mol. The van der Waals surface area contributed by atoms with Crippen molar-refractivity contribution in [2.24, 2.45) is 11.3 Å². The Morgan fingerprint density at radius 1 is 1.43 bits per heavy atom. The molecule has 6 nitrogen and oxygen atoms in total. The number of hydrogen-bond donors (Lipinski definition) is 2. The van der Waals surface area contributed by atoms with Gasteiger partial charge in [0.25, 0.3) is 0 Å². The molecule has 0 spiro atoms. The van der Waals surface area contributed by atoms with Crippen LogP contribution in [0.25, 0.3) is 0 Å². The summed E-state index contributed by atoms with van der Waals surface area (Å²) in [4.78, 5) is 23.3. The third kappa shape index (κ3) is 4.63. The van der Waals surface area contributed by atoms with Crippen LogP contribution in [0.4, 0.5) is 13.2 Å². The van der Waals surface area contributed by atoms with Gasteiger partial charge in [-0.1, -0.05) is 25.6 Å². The lowest BCUT2D eigenvalue weighted by Gasteiger charge is -2.34. The summed E-state index contributed by atoms with van der Waals surface area (Å²) in [5, 5.41) is 22.4. The van der Waals surface area contributed by atoms with Crippen molar-refractivity contribution in [3.63, 3.8) is 0 Å². The maximum absolute atomic E-state index is 12.0. The Hall–Kier alpha value is -2.20. The number of rotatable bonds is 4. The van der Waals surface area contributed by atoms with Crippen molar-refractivity contribution in [3.8, 4) is 12.1 Å². The molecule has 0 bridgehead atoms. The zero-order chi connectivity index (χ0) is 17.8. The molecule has 0 aromatic carbocycles. The van der Waals surface area contributed by atoms with Gasteiger partial charge < -0.3 is 10.6 Å². The highest BCUT2D eigenvalue weighted by Crippen LogP contribution is 2.41. The van der Waals surface area contributed by atoms with E-state index >= 15 is 0 Å². The van der Waals surface area contributed by atoms with E-state index in [1.165, 1.54) is 0 Å². The van der Waals surface area contributed by atoms with E-state index in [1.54, 1.807) is 19.2 Å². The van der Waals surface area contributed by atoms with Gasteiger partial charge >= 0.3 is 6.18 Å². The Morgan fingerprint density at radius 2 is 2.04 bits per heavy atom. The van der Waals surface area contributed by atoms with Gasteiger partial charge in [-0.15, -0.1) is 0 Å². The smallest absolute Gasteiger partial charge is 0.346 e. The first-order valence-electron chi connectivity index (χ1n) is 6.34. The highest BCUT2D eigenvalue weighted by atomic mass is 32.2. The number of nitrogens with zero attached hydrogens (tertiary/aromatic N) is 2. The van der Waals surface area contributed by atoms with Gasteiger partial charge in [0.2, 0.25) is 11.8 Å². The standard InChI is InChI=1S/C13H13F3N4O2S/c1-12(2)7(3-17)10(22)20-11(8(12)4-18)23-5-9(21)19-6-13(14,15)16/h7H,5-6H2,1-2H3,(H,19,21)(H,20,22)/t7-/m1/s1. The van der Waals surface area contributed by atoms with Crippen LogP contribution >= 0.6 is 11.8 Å². The third-order valence-corrected chi connectivity index (χ3v) is 4.17. The van der Waals surface area contributed by atoms with Gasteiger partial charge in [-0.2, -0.15) is 23.7 Å². The maximum atomic E-state index is 12.0. The molecule has 124 valence electrons. The van der Waals surface area contributed by atoms with Crippen LogP contribution in [-0.2, 0) is 9.59 Å². The second-order valence-electron chi connectivity index (χ2n) is 5.27. The molecule has 0 saturated carbocycles. The summed E-state index contributed by atoms with van der Waals surface area (Å²) < 4.78 is 36.0. The van der Waals surface area contributed by atoms with Crippen LogP contribution in [0.5, 0.6) is 0 Å². The van der Waals surface area contributed by atoms with E-state index in [-0.39, 0.29) is 10.6 Å². The van der Waals surface area contributed by atoms with Crippen molar-refractivity contribution in [2.75, 3.05) is 12.3 Å². The summed E-state index contributed by atoms with van der Waals surface area (Å²) in [7, 11) is 0. The minimum absolute atomic E-state index is 0.0798. The fourth-order valence-electron chi connectivity index (χ4n) is 1.92. The zero-order valence-corrected chi connectivity index (χ0v) is 13.1. The number of amides is 2. The van der Waals surface area contributed by atoms with Crippen molar-refractivity contribution in [1.29, 1.82) is 10.5 Å². The first kappa shape index (κ1) is 18.8. The van der Waals surface area contributed by atoms with Gasteiger partial charge in [0.05, 0.1) is 28.5 Å². The molecule has 0 radical (unpaired) electrons. The lowest BCUT2D eigenvalue weighted by molar-refractivity contribution is -0.136. The number of allylic oxidation sites excluding steroid dienone is 1. The summed E-state index contributed by atoms with van der Waals surface area (Å²) in [6.45, 7) is 1.63. The van der Waals surface area contributed by atoms with Crippen LogP contribution in [0.3, 0.4) is 0 Å². The van der Waals surface area contributed by atoms with E-state index in [4.69, 9.17) is 5.26 Å². The number of carbonyl (C=O) groups excluding carboxylic acids is 2. The number of thioether (sulfide) groups is 1. The quantitative estimate of drug-likeness (QED) is 0.801. The summed E-state index contributed by atoms with van der Waals surface area (Å²) in [5.74, 6) is -2.97. The number of halogens is 3. The summed E-state index contributed by atoms with van der Waals surface area (Å²) in [6.07, 6.45) is -4.52. The maximum Gasteiger partial charge on any atom is 0.405 e. The van der Waals surface area contributed by atoms with E-state index < -0.39 is 41.6 Å². The Kier molecular flexibility index (Phi) is 5.67. The molecule has 2 N–H and O–H groups in total. The Morgan fingerprint density at radius 3 is 2.52 bits per heavy atom. The largest absolute Gasteiger partial charge is 0.405 e. The molecule has 1 aliphatic heterocycles. The topological polar surface area (TPSA) is 106 Å². The number of carbonyl (C=O) groups is 2. The fraction of sp³-hybridized carbons (Fsp3) is 0.538. The molecule has 0 unspecified atom stereocenters. The molecule has 1 atom stereocenters. The molecule has 1 aliphatic rings. The summed E-state index contributed by atoms with van der Waals surface area (Å²) >= 11 is 0.744. The predicted molar refractivity (Wildman–Crippen MR) is 75.2 cm³/mol. The van der Waals surface area contributed by atoms with Gasteiger partial charge in [-0.05, 0) is 0 Å². The second-order valence-corrected chi connectivity index (χ2v) is 6.26. The third-order valence-electron chi connectivity index (χ3n) is 3.17. The molecule has 0 aliphatic carbocycles. The minimum Gasteiger partial charge on any atom is -0.346 e. The molecule has 10 heteroatoms. The van der Waals surface area contributed by atoms with Gasteiger partial charge in [0, 0.05) is 5.41 Å². The highest BCUT2D eigenvalue weighted by molar-refractivity contribution is 8.03. The lowest BCUT2D eigenvalue weighted by Crippen LogP contribution is -2.44. The van der Waals surface area contributed by atoms with Crippen molar-refractivity contribution >= 4 is 23.6 Å². The molecule has 0 saturated heterocycles. The van der Waals surface area contributed by atoms with Crippen LogP contribution in [-0.4, -0.2) is 30.3 Å². The Balaban J connectivity index is 2.85. The molecular weight excluding hydrogens is 333 g/mol. The Bertz CT molecular complexity index is 629. The molecule has 0 aromatic rings. The fourth-order valence-corrected chi connectivity index (χ4v) is 2.93. The molecule has 1 rings (SSSR count). The lowest BCUT2D eigenvalue weighted by atomic mass is 9.72. The van der Waals surface area contributed by atoms with Crippen LogP contribution in [0.1, 0.15) is 13.8 Å². The van der Waals surface area contributed by atoms with E-state index in [2.05, 4.69) is 5.32 Å². The highest BCUT2D eigenvalue weighted by Gasteiger charge is 2.44. The van der Waals surface area contributed by atoms with E-state index in [9.17, 15) is 28.0 Å². The van der Waals surface area contributed by atoms with Crippen molar-refractivity contribution in [2.45, 2.75) is 20.0 Å². The Labute approximate surface area is 134 Å². The number of alkyl halides is 3. The zero-order valence-electron chi connectivity index (χ0n) is 12.2. The summed E-state index contributed by atoms with van der Waals surface area (Å²) in [6, 6.07) is 3.71. The monoisotopic (exact) mass is 346 g/mol. The second kappa shape index (κ2) is 6.92. The molecule has 0 fully saturated rings. The molecular formula is C13H13F3N4O2S. The van der Waals surface area contributed by atoms with Crippen molar-refractivity contribution in [1.82, 2.24) is 10.6 Å². The van der Waals surface area contributed by atoms with Gasteiger partial charge in [-0.25, -0.2) is 0 Å². The molecule has 23 heavy (non-hydrogen) atoms. The van der Waals surface area contributed by atoms with Gasteiger partial charge in [0.1, 0.15) is 12.5 Å². The predicted octanol–water partition coefficient (Wildman–Crippen LogP) is 1.43. The van der Waals surface area contributed by atoms with Gasteiger partial charge in [-0.3, -0.25) is 9.59 Å². The van der Waals surface area contributed by atoms with E-state index in [0.29, 0.717) is 0 Å². The van der Waals surface area contributed by atoms with E-state index in [0.717, 1.165) is 11.8 Å². The van der Waals surface area contributed by atoms with E-state index in [1.807, 2.05) is 12.1 Å². The minimum atomic E-state index is -4.52.